The van der Waals surface area contributed by atoms with Crippen LogP contribution in [0.4, 0.5) is 0 Å². The zero-order chi connectivity index (χ0) is 27.3. The summed E-state index contributed by atoms with van der Waals surface area (Å²) in [6.07, 6.45) is 10.6. The maximum absolute atomic E-state index is 6.21. The normalized spacial score (nSPS) is 14.2. The van der Waals surface area contributed by atoms with Gasteiger partial charge in [-0.2, -0.15) is 5.06 Å². The van der Waals surface area contributed by atoms with E-state index in [2.05, 4.69) is 74.3 Å². The predicted molar refractivity (Wildman–Crippen MR) is 159 cm³/mol. The molecule has 0 aromatic carbocycles. The fraction of sp³-hybridized carbons (Fsp3) is 1.00. The van der Waals surface area contributed by atoms with Crippen LogP contribution in [0, 0.1) is 0 Å². The van der Waals surface area contributed by atoms with Crippen molar-refractivity contribution in [2.75, 3.05) is 37.8 Å². The fourth-order valence-corrected chi connectivity index (χ4v) is 6.11. The summed E-state index contributed by atoms with van der Waals surface area (Å²) in [6, 6.07) is 0.491. The molecular weight excluding hydrogens is 492 g/mol. The van der Waals surface area contributed by atoms with Gasteiger partial charge < -0.3 is 18.9 Å². The van der Waals surface area contributed by atoms with Crippen molar-refractivity contribution in [3.05, 3.63) is 0 Å². The molecule has 0 saturated heterocycles. The molecule has 0 aliphatic rings. The molecule has 0 radical (unpaired) electrons. The molecule has 0 aliphatic carbocycles. The minimum atomic E-state index is -0.0919. The summed E-state index contributed by atoms with van der Waals surface area (Å²) in [4.78, 5) is 6.21. The Bertz CT molecular complexity index is 463. The molecule has 0 bridgehead atoms. The van der Waals surface area contributed by atoms with Crippen LogP contribution in [0.15, 0.2) is 0 Å². The van der Waals surface area contributed by atoms with Gasteiger partial charge in [-0.05, 0) is 99.3 Å². The first-order chi connectivity index (χ1) is 17.1. The summed E-state index contributed by atoms with van der Waals surface area (Å²) in [5.74, 6) is 0. The van der Waals surface area contributed by atoms with Gasteiger partial charge in [-0.3, -0.25) is 4.84 Å². The van der Waals surface area contributed by atoms with Crippen molar-refractivity contribution in [1.82, 2.24) is 5.06 Å². The van der Waals surface area contributed by atoms with Crippen LogP contribution in [0.3, 0.4) is 0 Å². The molecule has 0 saturated carbocycles. The first-order valence-corrected chi connectivity index (χ1v) is 17.3. The van der Waals surface area contributed by atoms with E-state index in [0.29, 0.717) is 6.04 Å². The van der Waals surface area contributed by atoms with Gasteiger partial charge >= 0.3 is 0 Å². The van der Waals surface area contributed by atoms with Crippen molar-refractivity contribution in [2.45, 2.75) is 144 Å². The number of hydrogen-bond donors (Lipinski definition) is 0. The largest absolute Gasteiger partial charge is 0.350 e. The Labute approximate surface area is 228 Å². The first kappa shape index (κ1) is 36.6. The van der Waals surface area contributed by atoms with E-state index in [-0.39, 0.29) is 37.0 Å². The molecule has 0 aromatic heterocycles. The highest BCUT2D eigenvalue weighted by molar-refractivity contribution is 7.38. The number of hydrogen-bond acceptors (Lipinski definition) is 6. The van der Waals surface area contributed by atoms with Crippen LogP contribution in [0.1, 0.15) is 101 Å². The van der Waals surface area contributed by atoms with Crippen LogP contribution in [-0.4, -0.2) is 85.9 Å². The molecule has 0 amide bonds. The smallest absolute Gasteiger partial charge is 0.158 e. The predicted octanol–water partition coefficient (Wildman–Crippen LogP) is 7.29. The lowest BCUT2D eigenvalue weighted by Crippen LogP contribution is -2.37. The Kier molecular flexibility index (Phi) is 23.9. The summed E-state index contributed by atoms with van der Waals surface area (Å²) < 4.78 is 23.8. The van der Waals surface area contributed by atoms with Gasteiger partial charge in [0, 0.05) is 25.4 Å². The van der Waals surface area contributed by atoms with Crippen LogP contribution in [0.5, 0.6) is 0 Å². The van der Waals surface area contributed by atoms with Crippen molar-refractivity contribution in [3.63, 3.8) is 0 Å². The lowest BCUT2D eigenvalue weighted by molar-refractivity contribution is -0.184. The topological polar surface area (TPSA) is 49.4 Å². The third-order valence-electron chi connectivity index (χ3n) is 5.31. The molecule has 218 valence electrons. The van der Waals surface area contributed by atoms with Crippen molar-refractivity contribution in [2.24, 2.45) is 0 Å². The molecule has 36 heavy (non-hydrogen) atoms. The van der Waals surface area contributed by atoms with Crippen LogP contribution in [0.25, 0.3) is 0 Å². The van der Waals surface area contributed by atoms with Crippen molar-refractivity contribution >= 4 is 17.2 Å². The standard InChI is InChI=1S/C28H61NO5P2/c1-11-17-30-29(16-21-36-20-15-28(33-24(7)8)34-25(9)10)26(12-2)13-18-35-19-14-27(31-22(3)4)32-23(5)6/h22-28,35-36H,11-21H2,1-10H3. The van der Waals surface area contributed by atoms with E-state index in [1.807, 2.05) is 0 Å². The number of hydroxylamine groups is 2. The summed E-state index contributed by atoms with van der Waals surface area (Å²) in [6.45, 7) is 22.9. The van der Waals surface area contributed by atoms with E-state index in [9.17, 15) is 0 Å². The molecule has 6 nitrogen and oxygen atoms in total. The first-order valence-electron chi connectivity index (χ1n) is 14.5. The summed E-state index contributed by atoms with van der Waals surface area (Å²) in [5.41, 5.74) is 0. The average molecular weight is 554 g/mol. The number of rotatable bonds is 25. The molecule has 0 aliphatic heterocycles. The van der Waals surface area contributed by atoms with Gasteiger partial charge in [0.25, 0.3) is 0 Å². The monoisotopic (exact) mass is 553 g/mol. The molecular formula is C28H61NO5P2. The van der Waals surface area contributed by atoms with Crippen molar-refractivity contribution in [1.29, 1.82) is 0 Å². The lowest BCUT2D eigenvalue weighted by atomic mass is 10.1. The Morgan fingerprint density at radius 1 is 0.583 bits per heavy atom. The van der Waals surface area contributed by atoms with Crippen molar-refractivity contribution < 1.29 is 23.8 Å². The fourth-order valence-electron chi connectivity index (χ4n) is 3.81. The van der Waals surface area contributed by atoms with Crippen LogP contribution >= 0.6 is 17.2 Å². The van der Waals surface area contributed by atoms with Crippen LogP contribution in [0.2, 0.25) is 0 Å². The van der Waals surface area contributed by atoms with Gasteiger partial charge in [0.1, 0.15) is 0 Å². The van der Waals surface area contributed by atoms with Gasteiger partial charge in [0.05, 0.1) is 31.0 Å². The molecule has 0 aromatic rings. The minimum absolute atomic E-state index is 0.0821. The molecule has 3 atom stereocenters. The van der Waals surface area contributed by atoms with Gasteiger partial charge in [-0.25, -0.2) is 0 Å². The second-order valence-electron chi connectivity index (χ2n) is 10.5. The lowest BCUT2D eigenvalue weighted by Gasteiger charge is -2.30. The minimum Gasteiger partial charge on any atom is -0.350 e. The quantitative estimate of drug-likeness (QED) is 0.0512. The van der Waals surface area contributed by atoms with Crippen LogP contribution < -0.4 is 0 Å². The van der Waals surface area contributed by atoms with Gasteiger partial charge in [-0.1, -0.05) is 13.8 Å². The highest BCUT2D eigenvalue weighted by atomic mass is 31.1. The van der Waals surface area contributed by atoms with Crippen LogP contribution in [-0.2, 0) is 23.8 Å². The Morgan fingerprint density at radius 3 is 1.39 bits per heavy atom. The van der Waals surface area contributed by atoms with Crippen molar-refractivity contribution in [3.8, 4) is 0 Å². The summed E-state index contributed by atoms with van der Waals surface area (Å²) in [7, 11) is 1.83. The maximum atomic E-state index is 6.21. The molecule has 0 spiro atoms. The van der Waals surface area contributed by atoms with Gasteiger partial charge in [0.15, 0.2) is 12.6 Å². The number of nitrogens with zero attached hydrogens (tertiary/aromatic N) is 1. The van der Waals surface area contributed by atoms with E-state index in [4.69, 9.17) is 23.8 Å². The van der Waals surface area contributed by atoms with E-state index in [0.717, 1.165) is 68.3 Å². The maximum Gasteiger partial charge on any atom is 0.158 e. The molecule has 3 unspecified atom stereocenters. The zero-order valence-electron chi connectivity index (χ0n) is 25.3. The highest BCUT2D eigenvalue weighted by Crippen LogP contribution is 2.23. The van der Waals surface area contributed by atoms with E-state index >= 15 is 0 Å². The molecule has 0 fully saturated rings. The van der Waals surface area contributed by atoms with E-state index < -0.39 is 0 Å². The third kappa shape index (κ3) is 21.5. The van der Waals surface area contributed by atoms with Gasteiger partial charge in [-0.15, -0.1) is 17.2 Å². The molecule has 0 N–H and O–H groups in total. The van der Waals surface area contributed by atoms with E-state index in [1.165, 1.54) is 18.7 Å². The van der Waals surface area contributed by atoms with Gasteiger partial charge in [0.2, 0.25) is 0 Å². The number of ether oxygens (including phenoxy) is 4. The molecule has 0 rings (SSSR count). The zero-order valence-corrected chi connectivity index (χ0v) is 27.3. The molecule has 8 heteroatoms. The highest BCUT2D eigenvalue weighted by Gasteiger charge is 2.19. The second kappa shape index (κ2) is 23.5. The Morgan fingerprint density at radius 2 is 1.00 bits per heavy atom. The summed E-state index contributed by atoms with van der Waals surface area (Å²) in [5, 5.41) is 2.29. The molecule has 0 heterocycles. The summed E-state index contributed by atoms with van der Waals surface area (Å²) >= 11 is 0. The second-order valence-corrected chi connectivity index (χ2v) is 13.5. The third-order valence-corrected chi connectivity index (χ3v) is 7.82. The Balaban J connectivity index is 4.47. The SMILES string of the molecule is CCCON(CCPCCC(OC(C)C)OC(C)C)C(CC)CCPCCC(OC(C)C)OC(C)C. The average Bonchev–Trinajstić information content (AvgIpc) is 2.76. The van der Waals surface area contributed by atoms with E-state index in [1.54, 1.807) is 0 Å². The Hall–Kier alpha value is 0.620.